The van der Waals surface area contributed by atoms with Crippen LogP contribution >= 0.6 is 0 Å². The van der Waals surface area contributed by atoms with Gasteiger partial charge in [0.1, 0.15) is 18.1 Å². The monoisotopic (exact) mass is 447 g/mol. The lowest BCUT2D eigenvalue weighted by Crippen LogP contribution is -2.60. The van der Waals surface area contributed by atoms with Crippen LogP contribution in [0.5, 0.6) is 0 Å². The van der Waals surface area contributed by atoms with E-state index in [4.69, 9.17) is 21.7 Å². The SMILES string of the molecule is CCC(C)C(N)C(=O)NC(C(=O)NC(CCCCN)C(=O)NC(CO)C(=O)O)C(C)O. The molecule has 0 spiro atoms. The van der Waals surface area contributed by atoms with Crippen molar-refractivity contribution in [1.82, 2.24) is 16.0 Å². The van der Waals surface area contributed by atoms with Crippen LogP contribution < -0.4 is 27.4 Å². The van der Waals surface area contributed by atoms with Gasteiger partial charge in [-0.15, -0.1) is 0 Å². The van der Waals surface area contributed by atoms with E-state index >= 15 is 0 Å². The van der Waals surface area contributed by atoms with Crippen molar-refractivity contribution >= 4 is 23.7 Å². The third-order valence-corrected chi connectivity index (χ3v) is 5.00. The van der Waals surface area contributed by atoms with Crippen molar-refractivity contribution in [2.75, 3.05) is 13.2 Å². The molecule has 0 fully saturated rings. The van der Waals surface area contributed by atoms with Crippen molar-refractivity contribution in [3.63, 3.8) is 0 Å². The minimum atomic E-state index is -1.54. The number of carbonyl (C=O) groups is 4. The molecule has 0 radical (unpaired) electrons. The van der Waals surface area contributed by atoms with Gasteiger partial charge in [0.25, 0.3) is 0 Å². The number of aliphatic hydroxyl groups is 2. The molecule has 6 atom stereocenters. The fourth-order valence-electron chi connectivity index (χ4n) is 2.65. The van der Waals surface area contributed by atoms with Gasteiger partial charge in [-0.05, 0) is 38.6 Å². The van der Waals surface area contributed by atoms with Crippen molar-refractivity contribution < 1.29 is 34.5 Å². The number of hydrogen-bond donors (Lipinski definition) is 8. The van der Waals surface area contributed by atoms with E-state index in [0.29, 0.717) is 25.8 Å². The number of carboxylic acid groups (broad SMARTS) is 1. The lowest BCUT2D eigenvalue weighted by Gasteiger charge is -2.27. The van der Waals surface area contributed by atoms with E-state index in [0.717, 1.165) is 0 Å². The number of unbranched alkanes of at least 4 members (excludes halogenated alkanes) is 1. The zero-order valence-electron chi connectivity index (χ0n) is 18.3. The molecule has 0 rings (SSSR count). The van der Waals surface area contributed by atoms with Crippen molar-refractivity contribution in [2.45, 2.75) is 76.7 Å². The summed E-state index contributed by atoms with van der Waals surface area (Å²) >= 11 is 0. The van der Waals surface area contributed by atoms with Gasteiger partial charge in [-0.2, -0.15) is 0 Å². The minimum Gasteiger partial charge on any atom is -0.480 e. The zero-order valence-corrected chi connectivity index (χ0v) is 18.3. The molecule has 0 bridgehead atoms. The number of carboxylic acids is 1. The van der Waals surface area contributed by atoms with Crippen LogP contribution in [-0.2, 0) is 19.2 Å². The Morgan fingerprint density at radius 3 is 1.97 bits per heavy atom. The molecule has 3 amide bonds. The number of aliphatic carboxylic acids is 1. The van der Waals surface area contributed by atoms with Crippen LogP contribution in [0.4, 0.5) is 0 Å². The maximum absolute atomic E-state index is 12.7. The number of rotatable bonds is 15. The Hall–Kier alpha value is -2.28. The summed E-state index contributed by atoms with van der Waals surface area (Å²) in [6.07, 6.45) is 0.502. The largest absolute Gasteiger partial charge is 0.480 e. The Kier molecular flexibility index (Phi) is 13.6. The van der Waals surface area contributed by atoms with E-state index < -0.39 is 60.6 Å². The molecule has 0 aromatic rings. The highest BCUT2D eigenvalue weighted by atomic mass is 16.4. The van der Waals surface area contributed by atoms with Crippen molar-refractivity contribution in [2.24, 2.45) is 17.4 Å². The van der Waals surface area contributed by atoms with E-state index in [1.165, 1.54) is 6.92 Å². The molecular weight excluding hydrogens is 410 g/mol. The molecule has 12 heteroatoms. The van der Waals surface area contributed by atoms with Crippen molar-refractivity contribution in [1.29, 1.82) is 0 Å². The zero-order chi connectivity index (χ0) is 24.1. The van der Waals surface area contributed by atoms with Crippen LogP contribution in [-0.4, -0.2) is 82.4 Å². The van der Waals surface area contributed by atoms with Gasteiger partial charge in [-0.25, -0.2) is 4.79 Å². The predicted octanol–water partition coefficient (Wildman–Crippen LogP) is -2.60. The van der Waals surface area contributed by atoms with Gasteiger partial charge < -0.3 is 42.7 Å². The first-order valence-electron chi connectivity index (χ1n) is 10.4. The second kappa shape index (κ2) is 14.7. The molecule has 0 aliphatic heterocycles. The molecule has 12 nitrogen and oxygen atoms in total. The Morgan fingerprint density at radius 1 is 0.935 bits per heavy atom. The van der Waals surface area contributed by atoms with Crippen LogP contribution in [0.2, 0.25) is 0 Å². The van der Waals surface area contributed by atoms with Gasteiger partial charge in [0.15, 0.2) is 0 Å². The van der Waals surface area contributed by atoms with E-state index in [1.54, 1.807) is 6.92 Å². The molecule has 0 aliphatic carbocycles. The molecule has 0 saturated heterocycles. The summed E-state index contributed by atoms with van der Waals surface area (Å²) in [5, 5.41) is 35.1. The second-order valence-electron chi connectivity index (χ2n) is 7.57. The summed E-state index contributed by atoms with van der Waals surface area (Å²) in [6, 6.07) is -4.96. The fourth-order valence-corrected chi connectivity index (χ4v) is 2.65. The van der Waals surface area contributed by atoms with E-state index in [2.05, 4.69) is 16.0 Å². The van der Waals surface area contributed by atoms with E-state index in [9.17, 15) is 24.3 Å². The number of nitrogens with two attached hydrogens (primary N) is 2. The average Bonchev–Trinajstić information content (AvgIpc) is 2.72. The summed E-state index contributed by atoms with van der Waals surface area (Å²) < 4.78 is 0. The van der Waals surface area contributed by atoms with Gasteiger partial charge in [0.05, 0.1) is 18.8 Å². The third kappa shape index (κ3) is 10.0. The average molecular weight is 448 g/mol. The number of carbonyl (C=O) groups excluding carboxylic acids is 3. The molecule has 6 unspecified atom stereocenters. The summed E-state index contributed by atoms with van der Waals surface area (Å²) in [5.74, 6) is -3.86. The van der Waals surface area contributed by atoms with Crippen molar-refractivity contribution in [3.05, 3.63) is 0 Å². The van der Waals surface area contributed by atoms with Gasteiger partial charge in [-0.1, -0.05) is 20.3 Å². The van der Waals surface area contributed by atoms with Gasteiger partial charge in [0.2, 0.25) is 17.7 Å². The first-order chi connectivity index (χ1) is 14.5. The lowest BCUT2D eigenvalue weighted by atomic mass is 9.98. The smallest absolute Gasteiger partial charge is 0.328 e. The topological polar surface area (TPSA) is 217 Å². The normalized spacial score (nSPS) is 16.9. The maximum Gasteiger partial charge on any atom is 0.328 e. The molecule has 10 N–H and O–H groups in total. The minimum absolute atomic E-state index is 0.138. The quantitative estimate of drug-likeness (QED) is 0.123. The lowest BCUT2D eigenvalue weighted by molar-refractivity contribution is -0.143. The second-order valence-corrected chi connectivity index (χ2v) is 7.57. The van der Waals surface area contributed by atoms with Gasteiger partial charge in [-0.3, -0.25) is 14.4 Å². The molecule has 0 heterocycles. The standard InChI is InChI=1S/C19H37N5O7/c1-4-10(2)14(21)17(28)24-15(11(3)26)18(29)22-12(7-5-6-8-20)16(27)23-13(9-25)19(30)31/h10-15,25-26H,4-9,20-21H2,1-3H3,(H,22,29)(H,23,27)(H,24,28)(H,30,31). The number of amides is 3. The van der Waals surface area contributed by atoms with Gasteiger partial charge >= 0.3 is 5.97 Å². The maximum atomic E-state index is 12.7. The Bertz CT molecular complexity index is 602. The molecule has 180 valence electrons. The highest BCUT2D eigenvalue weighted by Crippen LogP contribution is 2.07. The summed E-state index contributed by atoms with van der Waals surface area (Å²) in [6.45, 7) is 4.47. The molecule has 0 aromatic carbocycles. The molecule has 0 aliphatic rings. The van der Waals surface area contributed by atoms with Crippen LogP contribution in [0, 0.1) is 5.92 Å². The van der Waals surface area contributed by atoms with E-state index in [-0.39, 0.29) is 12.3 Å². The van der Waals surface area contributed by atoms with Crippen molar-refractivity contribution in [3.8, 4) is 0 Å². The Morgan fingerprint density at radius 2 is 1.52 bits per heavy atom. The molecule has 0 saturated carbocycles. The number of aliphatic hydroxyl groups excluding tert-OH is 2. The van der Waals surface area contributed by atoms with Crippen LogP contribution in [0.1, 0.15) is 46.5 Å². The van der Waals surface area contributed by atoms with Crippen LogP contribution in [0.3, 0.4) is 0 Å². The summed E-state index contributed by atoms with van der Waals surface area (Å²) in [7, 11) is 0. The third-order valence-electron chi connectivity index (χ3n) is 5.00. The highest BCUT2D eigenvalue weighted by Gasteiger charge is 2.32. The highest BCUT2D eigenvalue weighted by molar-refractivity contribution is 5.94. The summed E-state index contributed by atoms with van der Waals surface area (Å²) in [5.41, 5.74) is 11.3. The number of hydrogen-bond acceptors (Lipinski definition) is 8. The Labute approximate surface area is 182 Å². The molecule has 0 aromatic heterocycles. The Balaban J connectivity index is 5.37. The fraction of sp³-hybridized carbons (Fsp3) is 0.789. The summed E-state index contributed by atoms with van der Waals surface area (Å²) in [4.78, 5) is 48.6. The molecule has 31 heavy (non-hydrogen) atoms. The first kappa shape index (κ1) is 28.7. The molecular formula is C19H37N5O7. The van der Waals surface area contributed by atoms with Crippen LogP contribution in [0.15, 0.2) is 0 Å². The van der Waals surface area contributed by atoms with Gasteiger partial charge in [0, 0.05) is 0 Å². The van der Waals surface area contributed by atoms with Crippen LogP contribution in [0.25, 0.3) is 0 Å². The predicted molar refractivity (Wildman–Crippen MR) is 113 cm³/mol. The first-order valence-corrected chi connectivity index (χ1v) is 10.4. The number of nitrogens with one attached hydrogen (secondary N) is 3. The van der Waals surface area contributed by atoms with E-state index in [1.807, 2.05) is 6.92 Å².